The van der Waals surface area contributed by atoms with Gasteiger partial charge in [0.05, 0.1) is 12.0 Å². The van der Waals surface area contributed by atoms with Crippen LogP contribution in [0.1, 0.15) is 57.8 Å². The first-order chi connectivity index (χ1) is 15.1. The van der Waals surface area contributed by atoms with Crippen LogP contribution in [-0.4, -0.2) is 101 Å². The van der Waals surface area contributed by atoms with Gasteiger partial charge in [0.2, 0.25) is 0 Å². The number of hydrogen-bond donors (Lipinski definition) is 2. The number of likely N-dealkylation sites (tertiary alicyclic amines) is 2. The number of carboxylic acid groups (broad SMARTS) is 1. The zero-order chi connectivity index (χ0) is 21.4. The number of hydrogen-bond acceptors (Lipinski definition) is 6. The van der Waals surface area contributed by atoms with E-state index in [9.17, 15) is 14.7 Å². The van der Waals surface area contributed by atoms with Crippen molar-refractivity contribution in [2.75, 3.05) is 39.3 Å². The molecule has 31 heavy (non-hydrogen) atoms. The summed E-state index contributed by atoms with van der Waals surface area (Å²) < 4.78 is 6.02. The van der Waals surface area contributed by atoms with Crippen molar-refractivity contribution in [2.24, 2.45) is 5.92 Å². The van der Waals surface area contributed by atoms with Crippen LogP contribution in [0.15, 0.2) is 0 Å². The number of carboxylic acids is 1. The van der Waals surface area contributed by atoms with Gasteiger partial charge in [-0.05, 0) is 84.0 Å². The Labute approximate surface area is 185 Å². The van der Waals surface area contributed by atoms with Crippen LogP contribution in [0, 0.1) is 5.92 Å². The van der Waals surface area contributed by atoms with Gasteiger partial charge in [0.25, 0.3) is 0 Å². The Morgan fingerprint density at radius 3 is 2.16 bits per heavy atom. The first-order valence-electron chi connectivity index (χ1n) is 12.5. The van der Waals surface area contributed by atoms with Crippen molar-refractivity contribution >= 4 is 12.1 Å². The summed E-state index contributed by atoms with van der Waals surface area (Å²) in [5, 5.41) is 12.8. The first kappa shape index (κ1) is 21.5. The second-order valence-corrected chi connectivity index (χ2v) is 10.2. The summed E-state index contributed by atoms with van der Waals surface area (Å²) >= 11 is 0. The molecule has 1 amide bonds. The molecule has 8 nitrogen and oxygen atoms in total. The van der Waals surface area contributed by atoms with Gasteiger partial charge in [-0.15, -0.1) is 0 Å². The second kappa shape index (κ2) is 9.24. The molecule has 1 aliphatic carbocycles. The number of rotatable bonds is 4. The van der Waals surface area contributed by atoms with Gasteiger partial charge in [-0.3, -0.25) is 14.6 Å². The largest absolute Gasteiger partial charge is 0.481 e. The summed E-state index contributed by atoms with van der Waals surface area (Å²) in [7, 11) is 0. The minimum Gasteiger partial charge on any atom is -0.481 e. The van der Waals surface area contributed by atoms with Gasteiger partial charge < -0.3 is 20.1 Å². The lowest BCUT2D eigenvalue weighted by Gasteiger charge is -2.45. The summed E-state index contributed by atoms with van der Waals surface area (Å²) in [6, 6.07) is 1.45. The normalized spacial score (nSPS) is 35.2. The molecule has 0 radical (unpaired) electrons. The maximum atomic E-state index is 13.0. The zero-order valence-electron chi connectivity index (χ0n) is 18.6. The molecular formula is C23H38N4O4. The number of aliphatic carboxylic acids is 1. The minimum absolute atomic E-state index is 0.0509. The number of carbonyl (C=O) groups excluding carboxylic acids is 1. The maximum Gasteiger partial charge on any atom is 0.410 e. The number of piperidine rings is 3. The lowest BCUT2D eigenvalue weighted by Crippen LogP contribution is -2.57. The minimum atomic E-state index is -0.671. The molecule has 174 valence electrons. The molecule has 0 aromatic carbocycles. The molecule has 0 aromatic rings. The highest BCUT2D eigenvalue weighted by atomic mass is 16.6. The summed E-state index contributed by atoms with van der Waals surface area (Å²) in [5.74, 6) is -0.890. The number of carbonyl (C=O) groups is 2. The first-order valence-corrected chi connectivity index (χ1v) is 12.5. The fourth-order valence-corrected chi connectivity index (χ4v) is 6.88. The molecule has 0 spiro atoms. The van der Waals surface area contributed by atoms with Crippen LogP contribution in [0.3, 0.4) is 0 Å². The fourth-order valence-electron chi connectivity index (χ4n) is 6.88. The summed E-state index contributed by atoms with van der Waals surface area (Å²) in [6.07, 6.45) is 9.03. The quantitative estimate of drug-likeness (QED) is 0.697. The third-order valence-electron chi connectivity index (χ3n) is 8.63. The molecule has 3 unspecified atom stereocenters. The Hall–Kier alpha value is -1.38. The van der Waals surface area contributed by atoms with Gasteiger partial charge in [0, 0.05) is 31.2 Å². The van der Waals surface area contributed by atoms with E-state index in [1.165, 1.54) is 12.8 Å². The molecule has 5 rings (SSSR count). The molecule has 5 fully saturated rings. The van der Waals surface area contributed by atoms with Crippen molar-refractivity contribution < 1.29 is 19.4 Å². The number of ether oxygens (including phenoxy) is 1. The van der Waals surface area contributed by atoms with Gasteiger partial charge in [0.15, 0.2) is 0 Å². The predicted octanol–water partition coefficient (Wildman–Crippen LogP) is 1.74. The van der Waals surface area contributed by atoms with E-state index in [1.807, 2.05) is 0 Å². The van der Waals surface area contributed by atoms with Gasteiger partial charge in [-0.2, -0.15) is 0 Å². The molecule has 1 saturated carbocycles. The molecule has 3 atom stereocenters. The SMILES string of the molecule is O=C(O)C1CCN(C2CCCC3C2OC(=O)N3C2CCN(C3CCNCC3)CC2)CC1. The third-order valence-corrected chi connectivity index (χ3v) is 8.63. The van der Waals surface area contributed by atoms with Crippen molar-refractivity contribution in [1.82, 2.24) is 20.0 Å². The van der Waals surface area contributed by atoms with Crippen LogP contribution in [-0.2, 0) is 9.53 Å². The van der Waals surface area contributed by atoms with E-state index in [4.69, 9.17) is 4.74 Å². The fraction of sp³-hybridized carbons (Fsp3) is 0.913. The van der Waals surface area contributed by atoms with E-state index in [2.05, 4.69) is 20.0 Å². The lowest BCUT2D eigenvalue weighted by molar-refractivity contribution is -0.143. The molecule has 4 saturated heterocycles. The maximum absolute atomic E-state index is 13.0. The Morgan fingerprint density at radius 2 is 1.48 bits per heavy atom. The highest BCUT2D eigenvalue weighted by Crippen LogP contribution is 2.39. The Balaban J connectivity index is 1.19. The van der Waals surface area contributed by atoms with Crippen LogP contribution in [0.5, 0.6) is 0 Å². The highest BCUT2D eigenvalue weighted by Gasteiger charge is 2.51. The smallest absolute Gasteiger partial charge is 0.410 e. The van der Waals surface area contributed by atoms with E-state index < -0.39 is 5.97 Å². The number of amides is 1. The van der Waals surface area contributed by atoms with Crippen LogP contribution < -0.4 is 5.32 Å². The van der Waals surface area contributed by atoms with Crippen molar-refractivity contribution in [3.8, 4) is 0 Å². The van der Waals surface area contributed by atoms with E-state index in [0.29, 0.717) is 24.9 Å². The molecule has 4 aliphatic heterocycles. The zero-order valence-corrected chi connectivity index (χ0v) is 18.6. The average Bonchev–Trinajstić information content (AvgIpc) is 3.15. The molecule has 8 heteroatoms. The van der Waals surface area contributed by atoms with Crippen molar-refractivity contribution in [2.45, 2.75) is 88.1 Å². The van der Waals surface area contributed by atoms with E-state index in [0.717, 1.165) is 71.4 Å². The standard InChI is InChI=1S/C23H38N4O4/c28-22(29)16-6-12-26(13-7-16)19-2-1-3-20-21(19)31-23(30)27(20)18-8-14-25(15-9-18)17-4-10-24-11-5-17/h16-21,24H,1-15H2,(H,28,29). The predicted molar refractivity (Wildman–Crippen MR) is 116 cm³/mol. The van der Waals surface area contributed by atoms with Gasteiger partial charge in [-0.1, -0.05) is 0 Å². The molecule has 5 aliphatic rings. The van der Waals surface area contributed by atoms with Crippen molar-refractivity contribution in [3.63, 3.8) is 0 Å². The van der Waals surface area contributed by atoms with Gasteiger partial charge >= 0.3 is 12.1 Å². The van der Waals surface area contributed by atoms with E-state index in [1.54, 1.807) is 0 Å². The van der Waals surface area contributed by atoms with E-state index in [-0.39, 0.29) is 30.2 Å². The van der Waals surface area contributed by atoms with Crippen LogP contribution in [0.4, 0.5) is 4.79 Å². The number of nitrogens with zero attached hydrogens (tertiary/aromatic N) is 3. The third kappa shape index (κ3) is 4.31. The lowest BCUT2D eigenvalue weighted by atomic mass is 9.84. The van der Waals surface area contributed by atoms with E-state index >= 15 is 0 Å². The molecule has 4 heterocycles. The van der Waals surface area contributed by atoms with Crippen LogP contribution in [0.2, 0.25) is 0 Å². The Bertz CT molecular complexity index is 654. The Morgan fingerprint density at radius 1 is 0.839 bits per heavy atom. The number of fused-ring (bicyclic) bond motifs is 1. The summed E-state index contributed by atoms with van der Waals surface area (Å²) in [6.45, 7) is 6.02. The average molecular weight is 435 g/mol. The van der Waals surface area contributed by atoms with Crippen LogP contribution in [0.25, 0.3) is 0 Å². The van der Waals surface area contributed by atoms with Crippen LogP contribution >= 0.6 is 0 Å². The summed E-state index contributed by atoms with van der Waals surface area (Å²) in [5.41, 5.74) is 0. The summed E-state index contributed by atoms with van der Waals surface area (Å²) in [4.78, 5) is 31.4. The molecule has 0 aromatic heterocycles. The molecule has 2 N–H and O–H groups in total. The highest BCUT2D eigenvalue weighted by molar-refractivity contribution is 5.71. The number of nitrogens with one attached hydrogen (secondary N) is 1. The Kier molecular flexibility index (Phi) is 6.40. The topological polar surface area (TPSA) is 85.3 Å². The molecular weight excluding hydrogens is 396 g/mol. The van der Waals surface area contributed by atoms with Gasteiger partial charge in [0.1, 0.15) is 6.10 Å². The monoisotopic (exact) mass is 434 g/mol. The van der Waals surface area contributed by atoms with Crippen molar-refractivity contribution in [3.05, 3.63) is 0 Å². The van der Waals surface area contributed by atoms with Gasteiger partial charge in [-0.25, -0.2) is 4.79 Å². The molecule has 0 bridgehead atoms. The second-order valence-electron chi connectivity index (χ2n) is 10.2. The van der Waals surface area contributed by atoms with Crippen molar-refractivity contribution in [1.29, 1.82) is 0 Å².